The second-order valence-corrected chi connectivity index (χ2v) is 11.1. The number of aromatic nitrogens is 6. The molecule has 5 aromatic heterocycles. The Morgan fingerprint density at radius 1 is 1.02 bits per heavy atom. The number of pyridine rings is 3. The summed E-state index contributed by atoms with van der Waals surface area (Å²) in [7, 11) is 3.92. The van der Waals surface area contributed by atoms with Gasteiger partial charge in [0.1, 0.15) is 18.2 Å². The Morgan fingerprint density at radius 2 is 1.88 bits per heavy atom. The third-order valence-corrected chi connectivity index (χ3v) is 7.47. The van der Waals surface area contributed by atoms with Crippen molar-refractivity contribution in [3.05, 3.63) is 73.1 Å². The molecule has 1 fully saturated rings. The molecule has 0 aliphatic heterocycles. The third kappa shape index (κ3) is 5.54. The molecule has 0 radical (unpaired) electrons. The summed E-state index contributed by atoms with van der Waals surface area (Å²) in [4.78, 5) is 31.2. The average molecular weight is 577 g/mol. The normalized spacial score (nSPS) is 13.2. The second-order valence-electron chi connectivity index (χ2n) is 11.1. The molecule has 0 saturated heterocycles. The van der Waals surface area contributed by atoms with E-state index in [9.17, 15) is 9.18 Å². The van der Waals surface area contributed by atoms with Gasteiger partial charge in [0.2, 0.25) is 5.91 Å². The van der Waals surface area contributed by atoms with E-state index in [-0.39, 0.29) is 11.8 Å². The molecule has 43 heavy (non-hydrogen) atoms. The third-order valence-electron chi connectivity index (χ3n) is 7.47. The minimum absolute atomic E-state index is 0.0311. The van der Waals surface area contributed by atoms with Crippen LogP contribution < -0.4 is 10.1 Å². The molecule has 0 spiro atoms. The molecule has 1 aromatic carbocycles. The summed E-state index contributed by atoms with van der Waals surface area (Å²) in [5.41, 5.74) is 6.52. The molecule has 0 bridgehead atoms. The summed E-state index contributed by atoms with van der Waals surface area (Å²) >= 11 is 0. The molecule has 1 aliphatic carbocycles. The van der Waals surface area contributed by atoms with Gasteiger partial charge in [0.15, 0.2) is 5.65 Å². The summed E-state index contributed by atoms with van der Waals surface area (Å²) in [5, 5.41) is 12.1. The molecular formula is C32H29FN8O2. The summed E-state index contributed by atoms with van der Waals surface area (Å²) in [6, 6.07) is 12.4. The van der Waals surface area contributed by atoms with Crippen molar-refractivity contribution in [2.45, 2.75) is 12.8 Å². The first-order valence-electron chi connectivity index (χ1n) is 14.1. The summed E-state index contributed by atoms with van der Waals surface area (Å²) < 4.78 is 20.4. The molecule has 3 N–H and O–H groups in total. The monoisotopic (exact) mass is 576 g/mol. The number of carbonyl (C=O) groups excluding carboxylic acids is 1. The van der Waals surface area contributed by atoms with Crippen LogP contribution in [0, 0.1) is 11.7 Å². The van der Waals surface area contributed by atoms with E-state index in [1.165, 1.54) is 12.1 Å². The number of hydrogen-bond donors (Lipinski definition) is 3. The van der Waals surface area contributed by atoms with E-state index in [4.69, 9.17) is 4.74 Å². The molecule has 7 rings (SSSR count). The first-order chi connectivity index (χ1) is 20.9. The molecule has 1 amide bonds. The number of hydrogen-bond acceptors (Lipinski definition) is 7. The molecule has 216 valence electrons. The van der Waals surface area contributed by atoms with Crippen molar-refractivity contribution in [3.8, 4) is 39.5 Å². The van der Waals surface area contributed by atoms with E-state index in [1.807, 2.05) is 49.3 Å². The van der Waals surface area contributed by atoms with Crippen LogP contribution in [0.4, 0.5) is 10.1 Å². The van der Waals surface area contributed by atoms with Crippen LogP contribution in [0.1, 0.15) is 12.8 Å². The summed E-state index contributed by atoms with van der Waals surface area (Å²) in [5.74, 6) is 0.196. The number of H-pyrrole nitrogens is 2. The zero-order valence-electron chi connectivity index (χ0n) is 23.7. The molecule has 0 atom stereocenters. The molecule has 11 heteroatoms. The van der Waals surface area contributed by atoms with Crippen LogP contribution in [0.2, 0.25) is 0 Å². The fourth-order valence-corrected chi connectivity index (χ4v) is 5.07. The van der Waals surface area contributed by atoms with Crippen molar-refractivity contribution >= 4 is 33.5 Å². The minimum atomic E-state index is -0.393. The Hall–Kier alpha value is -5.16. The number of nitrogens with zero attached hydrogens (tertiary/aromatic N) is 5. The smallest absolute Gasteiger partial charge is 0.227 e. The highest BCUT2D eigenvalue weighted by atomic mass is 19.1. The summed E-state index contributed by atoms with van der Waals surface area (Å²) in [6.45, 7) is 1.16. The fraction of sp³-hybridized carbons (Fsp3) is 0.219. The number of nitrogens with one attached hydrogen (secondary N) is 3. The van der Waals surface area contributed by atoms with E-state index >= 15 is 0 Å². The van der Waals surface area contributed by atoms with E-state index in [2.05, 4.69) is 35.5 Å². The lowest BCUT2D eigenvalue weighted by Crippen LogP contribution is -2.19. The van der Waals surface area contributed by atoms with Gasteiger partial charge in [-0.15, -0.1) is 0 Å². The Balaban J connectivity index is 1.23. The molecule has 5 heterocycles. The molecule has 1 saturated carbocycles. The standard InChI is InChI=1S/C32H29FN8O2/c1-41(2)7-8-43-24-11-19(9-22(33)13-24)29-25-14-28(38-27(25)5-6-35-29)30-26-12-21(16-36-31(26)40-39-30)20-10-23(17-34-15-20)37-32(42)18-3-4-18/h5-6,9-18,38H,3-4,7-8H2,1-2H3,(H,37,42)(H,36,39,40). The lowest BCUT2D eigenvalue weighted by Gasteiger charge is -2.12. The van der Waals surface area contributed by atoms with Crippen LogP contribution in [0.5, 0.6) is 5.75 Å². The van der Waals surface area contributed by atoms with E-state index < -0.39 is 5.82 Å². The van der Waals surface area contributed by atoms with E-state index in [0.717, 1.165) is 51.6 Å². The Kier molecular flexibility index (Phi) is 6.78. The van der Waals surface area contributed by atoms with Crippen LogP contribution in [-0.2, 0) is 4.79 Å². The van der Waals surface area contributed by atoms with Gasteiger partial charge in [-0.3, -0.25) is 19.9 Å². The molecule has 10 nitrogen and oxygen atoms in total. The number of anilines is 1. The Bertz CT molecular complexity index is 1980. The topological polar surface area (TPSA) is 125 Å². The highest BCUT2D eigenvalue weighted by molar-refractivity contribution is 6.00. The molecule has 0 unspecified atom stereocenters. The zero-order valence-corrected chi connectivity index (χ0v) is 23.7. The fourth-order valence-electron chi connectivity index (χ4n) is 5.07. The predicted molar refractivity (Wildman–Crippen MR) is 163 cm³/mol. The van der Waals surface area contributed by atoms with Crippen LogP contribution in [0.3, 0.4) is 0 Å². The number of rotatable bonds is 9. The molecule has 6 aromatic rings. The van der Waals surface area contributed by atoms with Crippen molar-refractivity contribution in [3.63, 3.8) is 0 Å². The lowest BCUT2D eigenvalue weighted by atomic mass is 10.1. The largest absolute Gasteiger partial charge is 0.492 e. The number of halogens is 1. The van der Waals surface area contributed by atoms with Gasteiger partial charge in [0.05, 0.1) is 29.0 Å². The number of benzene rings is 1. The quantitative estimate of drug-likeness (QED) is 0.203. The van der Waals surface area contributed by atoms with Gasteiger partial charge >= 0.3 is 0 Å². The highest BCUT2D eigenvalue weighted by Gasteiger charge is 2.29. The molecule has 1 aliphatic rings. The summed E-state index contributed by atoms with van der Waals surface area (Å²) in [6.07, 6.45) is 8.69. The number of aromatic amines is 2. The number of likely N-dealkylation sites (N-methyl/N-ethyl adjacent to an activating group) is 1. The molecular weight excluding hydrogens is 547 g/mol. The average Bonchev–Trinajstić information content (AvgIpc) is 3.62. The van der Waals surface area contributed by atoms with Crippen molar-refractivity contribution in [2.75, 3.05) is 32.6 Å². The van der Waals surface area contributed by atoms with Crippen molar-refractivity contribution < 1.29 is 13.9 Å². The van der Waals surface area contributed by atoms with Crippen molar-refractivity contribution in [2.24, 2.45) is 5.92 Å². The van der Waals surface area contributed by atoms with Gasteiger partial charge in [0.25, 0.3) is 0 Å². The van der Waals surface area contributed by atoms with Crippen LogP contribution >= 0.6 is 0 Å². The van der Waals surface area contributed by atoms with Crippen LogP contribution in [0.15, 0.2) is 67.3 Å². The zero-order chi connectivity index (χ0) is 29.5. The van der Waals surface area contributed by atoms with Crippen molar-refractivity contribution in [1.82, 2.24) is 35.0 Å². The van der Waals surface area contributed by atoms with Gasteiger partial charge in [-0.05, 0) is 63.3 Å². The highest BCUT2D eigenvalue weighted by Crippen LogP contribution is 2.35. The Labute approximate surface area is 246 Å². The first kappa shape index (κ1) is 26.7. The van der Waals surface area contributed by atoms with Gasteiger partial charge < -0.3 is 19.9 Å². The minimum Gasteiger partial charge on any atom is -0.492 e. The predicted octanol–water partition coefficient (Wildman–Crippen LogP) is 5.66. The van der Waals surface area contributed by atoms with Gasteiger partial charge in [-0.1, -0.05) is 0 Å². The second kappa shape index (κ2) is 10.9. The number of fused-ring (bicyclic) bond motifs is 2. The van der Waals surface area contributed by atoms with E-state index in [0.29, 0.717) is 41.5 Å². The SMILES string of the molecule is CN(C)CCOc1cc(F)cc(-c2nccc3[nH]c(-c4[nH]nc5ncc(-c6cncc(NC(=O)C7CC7)c6)cc45)cc23)c1. The number of ether oxygens (including phenoxy) is 1. The number of amides is 1. The maximum absolute atomic E-state index is 14.6. The van der Waals surface area contributed by atoms with Gasteiger partial charge in [-0.2, -0.15) is 5.10 Å². The maximum atomic E-state index is 14.6. The lowest BCUT2D eigenvalue weighted by molar-refractivity contribution is -0.117. The Morgan fingerprint density at radius 3 is 2.72 bits per heavy atom. The number of carbonyl (C=O) groups is 1. The van der Waals surface area contributed by atoms with Crippen LogP contribution in [0.25, 0.3) is 55.7 Å². The first-order valence-corrected chi connectivity index (χ1v) is 14.1. The van der Waals surface area contributed by atoms with E-state index in [1.54, 1.807) is 24.8 Å². The van der Waals surface area contributed by atoms with Gasteiger partial charge in [-0.25, -0.2) is 9.37 Å². The maximum Gasteiger partial charge on any atom is 0.227 e. The van der Waals surface area contributed by atoms with Gasteiger partial charge in [0, 0.05) is 70.1 Å². The van der Waals surface area contributed by atoms with Crippen LogP contribution in [-0.4, -0.2) is 68.2 Å². The van der Waals surface area contributed by atoms with Crippen molar-refractivity contribution in [1.29, 1.82) is 0 Å².